The molecule has 4 rings (SSSR count). The second kappa shape index (κ2) is 3.90. The Morgan fingerprint density at radius 3 is 2.85 bits per heavy atom. The van der Waals surface area contributed by atoms with E-state index in [1.807, 2.05) is 49.0 Å². The van der Waals surface area contributed by atoms with Crippen LogP contribution in [-0.4, -0.2) is 24.5 Å². The van der Waals surface area contributed by atoms with Crippen LogP contribution < -0.4 is 0 Å². The number of hydrogen-bond acceptors (Lipinski definition) is 3. The Balaban J connectivity index is 2.11. The molecule has 0 aliphatic heterocycles. The van der Waals surface area contributed by atoms with Crippen molar-refractivity contribution in [3.8, 4) is 5.82 Å². The number of hydrogen-bond donors (Lipinski definition) is 1. The minimum atomic E-state index is 0.743. The number of H-pyrrole nitrogens is 1. The third kappa shape index (κ3) is 1.53. The van der Waals surface area contributed by atoms with Crippen LogP contribution in [0.5, 0.6) is 0 Å². The molecule has 5 heteroatoms. The maximum Gasteiger partial charge on any atom is 0.151 e. The molecule has 0 atom stereocenters. The van der Waals surface area contributed by atoms with Gasteiger partial charge in [0.2, 0.25) is 0 Å². The van der Waals surface area contributed by atoms with E-state index < -0.39 is 0 Å². The van der Waals surface area contributed by atoms with Crippen LogP contribution in [0, 0.1) is 13.8 Å². The second-order valence-electron chi connectivity index (χ2n) is 4.91. The molecule has 0 saturated heterocycles. The van der Waals surface area contributed by atoms with Gasteiger partial charge in [0.05, 0.1) is 16.4 Å². The first-order valence-corrected chi connectivity index (χ1v) is 6.49. The van der Waals surface area contributed by atoms with Crippen molar-refractivity contribution >= 4 is 22.1 Å². The van der Waals surface area contributed by atoms with Crippen molar-refractivity contribution in [2.24, 2.45) is 0 Å². The van der Waals surface area contributed by atoms with Gasteiger partial charge in [0, 0.05) is 5.69 Å². The number of imidazole rings is 1. The summed E-state index contributed by atoms with van der Waals surface area (Å²) in [6, 6.07) is 10.1. The summed E-state index contributed by atoms with van der Waals surface area (Å²) < 4.78 is 2.01. The summed E-state index contributed by atoms with van der Waals surface area (Å²) in [4.78, 5) is 16.7. The van der Waals surface area contributed by atoms with Gasteiger partial charge in [-0.1, -0.05) is 12.1 Å². The second-order valence-corrected chi connectivity index (χ2v) is 4.91. The first kappa shape index (κ1) is 11.2. The summed E-state index contributed by atoms with van der Waals surface area (Å²) in [6.07, 6.45) is 1.81. The number of fused-ring (bicyclic) bond motifs is 2. The Morgan fingerprint density at radius 2 is 1.95 bits per heavy atom. The number of nitrogens with one attached hydrogen (secondary N) is 1. The van der Waals surface area contributed by atoms with Crippen molar-refractivity contribution in [1.29, 1.82) is 0 Å². The Morgan fingerprint density at radius 1 is 1.10 bits per heavy atom. The van der Waals surface area contributed by atoms with E-state index in [2.05, 4.69) is 26.0 Å². The molecule has 1 aromatic carbocycles. The van der Waals surface area contributed by atoms with Gasteiger partial charge in [-0.15, -0.1) is 0 Å². The molecule has 3 aromatic heterocycles. The fourth-order valence-electron chi connectivity index (χ4n) is 2.55. The zero-order chi connectivity index (χ0) is 13.7. The first-order valence-electron chi connectivity index (χ1n) is 6.49. The number of aromatic amines is 1. The molecule has 0 unspecified atom stereocenters. The highest BCUT2D eigenvalue weighted by Crippen LogP contribution is 2.23. The molecular weight excluding hydrogens is 250 g/mol. The lowest BCUT2D eigenvalue weighted by atomic mass is 10.3. The van der Waals surface area contributed by atoms with E-state index in [0.29, 0.717) is 0 Å². The van der Waals surface area contributed by atoms with Crippen LogP contribution in [0.3, 0.4) is 0 Å². The van der Waals surface area contributed by atoms with Gasteiger partial charge in [0.15, 0.2) is 5.82 Å². The zero-order valence-electron chi connectivity index (χ0n) is 11.3. The van der Waals surface area contributed by atoms with Gasteiger partial charge < -0.3 is 4.98 Å². The van der Waals surface area contributed by atoms with Crippen molar-refractivity contribution in [1.82, 2.24) is 24.5 Å². The Labute approximate surface area is 115 Å². The fourth-order valence-corrected chi connectivity index (χ4v) is 2.55. The minimum absolute atomic E-state index is 0.743. The molecule has 0 aliphatic carbocycles. The molecule has 98 valence electrons. The number of aryl methyl sites for hydroxylation is 2. The predicted octanol–water partition coefficient (Wildman–Crippen LogP) is 2.91. The normalized spacial score (nSPS) is 11.5. The standard InChI is InChI=1S/C15H13N5/c1-9-7-11-14(17-9)18-10(2)19-15(11)20-8-16-12-5-3-4-6-13(12)20/h3-8H,1-2H3,(H,17,18,19). The maximum atomic E-state index is 4.60. The quantitative estimate of drug-likeness (QED) is 0.574. The predicted molar refractivity (Wildman–Crippen MR) is 78.0 cm³/mol. The molecule has 1 N–H and O–H groups in total. The van der Waals surface area contributed by atoms with Crippen LogP contribution in [0.4, 0.5) is 0 Å². The van der Waals surface area contributed by atoms with Crippen molar-refractivity contribution in [3.63, 3.8) is 0 Å². The lowest BCUT2D eigenvalue weighted by molar-refractivity contribution is 0.978. The summed E-state index contributed by atoms with van der Waals surface area (Å²) in [7, 11) is 0. The molecule has 0 amide bonds. The van der Waals surface area contributed by atoms with Crippen LogP contribution in [0.15, 0.2) is 36.7 Å². The number of rotatable bonds is 1. The van der Waals surface area contributed by atoms with Crippen molar-refractivity contribution < 1.29 is 0 Å². The third-order valence-electron chi connectivity index (χ3n) is 3.40. The summed E-state index contributed by atoms with van der Waals surface area (Å²) in [5.74, 6) is 1.61. The molecule has 3 heterocycles. The monoisotopic (exact) mass is 263 g/mol. The summed E-state index contributed by atoms with van der Waals surface area (Å²) in [5.41, 5.74) is 3.95. The van der Waals surface area contributed by atoms with Crippen LogP contribution in [0.2, 0.25) is 0 Å². The smallest absolute Gasteiger partial charge is 0.151 e. The van der Waals surface area contributed by atoms with Gasteiger partial charge in [-0.25, -0.2) is 15.0 Å². The van der Waals surface area contributed by atoms with Crippen LogP contribution in [0.25, 0.3) is 27.9 Å². The molecule has 0 saturated carbocycles. The molecule has 0 spiro atoms. The molecule has 0 fully saturated rings. The fraction of sp³-hybridized carbons (Fsp3) is 0.133. The maximum absolute atomic E-state index is 4.60. The number of aromatic nitrogens is 5. The summed E-state index contributed by atoms with van der Waals surface area (Å²) >= 11 is 0. The Hall–Kier alpha value is -2.69. The molecule has 0 radical (unpaired) electrons. The van der Waals surface area contributed by atoms with E-state index >= 15 is 0 Å². The molecular formula is C15H13N5. The van der Waals surface area contributed by atoms with E-state index in [-0.39, 0.29) is 0 Å². The third-order valence-corrected chi connectivity index (χ3v) is 3.40. The van der Waals surface area contributed by atoms with Crippen LogP contribution >= 0.6 is 0 Å². The number of nitrogens with zero attached hydrogens (tertiary/aromatic N) is 4. The van der Waals surface area contributed by atoms with Gasteiger partial charge >= 0.3 is 0 Å². The van der Waals surface area contributed by atoms with Gasteiger partial charge in [-0.05, 0) is 32.0 Å². The average molecular weight is 263 g/mol. The Kier molecular flexibility index (Phi) is 2.18. The van der Waals surface area contributed by atoms with Gasteiger partial charge in [-0.2, -0.15) is 0 Å². The topological polar surface area (TPSA) is 59.4 Å². The van der Waals surface area contributed by atoms with Crippen molar-refractivity contribution in [3.05, 3.63) is 48.2 Å². The zero-order valence-corrected chi connectivity index (χ0v) is 11.3. The van der Waals surface area contributed by atoms with Gasteiger partial charge in [0.25, 0.3) is 0 Å². The largest absolute Gasteiger partial charge is 0.343 e. The lowest BCUT2D eigenvalue weighted by Crippen LogP contribution is -2.00. The first-order chi connectivity index (χ1) is 9.72. The number of benzene rings is 1. The molecule has 0 aliphatic rings. The summed E-state index contributed by atoms with van der Waals surface area (Å²) in [5, 5.41) is 1.01. The van der Waals surface area contributed by atoms with Gasteiger partial charge in [-0.3, -0.25) is 4.57 Å². The highest BCUT2D eigenvalue weighted by molar-refractivity contribution is 5.87. The molecule has 5 nitrogen and oxygen atoms in total. The van der Waals surface area contributed by atoms with E-state index in [1.54, 1.807) is 0 Å². The van der Waals surface area contributed by atoms with E-state index in [0.717, 1.165) is 39.4 Å². The van der Waals surface area contributed by atoms with E-state index in [1.165, 1.54) is 0 Å². The summed E-state index contributed by atoms with van der Waals surface area (Å²) in [6.45, 7) is 3.92. The lowest BCUT2D eigenvalue weighted by Gasteiger charge is -2.05. The van der Waals surface area contributed by atoms with Crippen LogP contribution in [0.1, 0.15) is 11.5 Å². The minimum Gasteiger partial charge on any atom is -0.343 e. The molecule has 4 aromatic rings. The molecule has 0 bridgehead atoms. The SMILES string of the molecule is Cc1nc(-n2cnc3ccccc32)c2cc(C)[nH]c2n1. The van der Waals surface area contributed by atoms with Gasteiger partial charge in [0.1, 0.15) is 17.8 Å². The highest BCUT2D eigenvalue weighted by atomic mass is 15.1. The van der Waals surface area contributed by atoms with E-state index in [9.17, 15) is 0 Å². The van der Waals surface area contributed by atoms with E-state index in [4.69, 9.17) is 0 Å². The Bertz CT molecular complexity index is 932. The molecule has 20 heavy (non-hydrogen) atoms. The highest BCUT2D eigenvalue weighted by Gasteiger charge is 2.12. The van der Waals surface area contributed by atoms with Crippen molar-refractivity contribution in [2.45, 2.75) is 13.8 Å². The van der Waals surface area contributed by atoms with Crippen molar-refractivity contribution in [2.75, 3.05) is 0 Å². The average Bonchev–Trinajstić information content (AvgIpc) is 3.00. The van der Waals surface area contributed by atoms with Crippen LogP contribution in [-0.2, 0) is 0 Å². The number of para-hydroxylation sites is 2.